The van der Waals surface area contributed by atoms with E-state index in [1.807, 2.05) is 0 Å². The van der Waals surface area contributed by atoms with Gasteiger partial charge in [-0.05, 0) is 23.6 Å². The number of hydrogen-bond acceptors (Lipinski definition) is 2. The Kier molecular flexibility index (Phi) is 3.42. The van der Waals surface area contributed by atoms with Gasteiger partial charge in [0.15, 0.2) is 0 Å². The summed E-state index contributed by atoms with van der Waals surface area (Å²) in [7, 11) is 0. The van der Waals surface area contributed by atoms with Gasteiger partial charge < -0.3 is 10.3 Å². The molecule has 2 aromatic rings. The van der Waals surface area contributed by atoms with Gasteiger partial charge >= 0.3 is 0 Å². The molecule has 0 saturated carbocycles. The summed E-state index contributed by atoms with van der Waals surface area (Å²) in [6.45, 7) is 6.79. The minimum atomic E-state index is -0.167. The lowest BCUT2D eigenvalue weighted by Crippen LogP contribution is -2.32. The van der Waals surface area contributed by atoms with Gasteiger partial charge in [0, 0.05) is 29.1 Å². The molecule has 4 heteroatoms. The van der Waals surface area contributed by atoms with Crippen molar-refractivity contribution in [2.75, 3.05) is 6.54 Å². The van der Waals surface area contributed by atoms with E-state index in [0.29, 0.717) is 17.6 Å². The molecule has 0 aliphatic rings. The second kappa shape index (κ2) is 4.88. The summed E-state index contributed by atoms with van der Waals surface area (Å²) in [5.74, 6) is -0.118. The number of pyridine rings is 1. The molecule has 4 nitrogen and oxygen atoms in total. The molecule has 1 amide bonds. The molecule has 0 aliphatic heterocycles. The van der Waals surface area contributed by atoms with E-state index in [2.05, 4.69) is 31.1 Å². The molecule has 0 aliphatic carbocycles. The first-order chi connectivity index (χ1) is 8.87. The Hall–Kier alpha value is -2.10. The number of benzene rings is 1. The number of hydrogen-bond donors (Lipinski definition) is 2. The SMILES string of the molecule is CC(C)(C)CNC(=O)c1cccc2[nH]c(=O)ccc12. The molecule has 2 rings (SSSR count). The predicted octanol–water partition coefficient (Wildman–Crippen LogP) is 2.30. The second-order valence-electron chi connectivity index (χ2n) is 5.83. The first kappa shape index (κ1) is 13.3. The largest absolute Gasteiger partial charge is 0.351 e. The minimum Gasteiger partial charge on any atom is -0.351 e. The van der Waals surface area contributed by atoms with Crippen LogP contribution in [0.25, 0.3) is 10.9 Å². The first-order valence-electron chi connectivity index (χ1n) is 6.27. The Morgan fingerprint density at radius 2 is 1.95 bits per heavy atom. The molecule has 19 heavy (non-hydrogen) atoms. The fourth-order valence-corrected chi connectivity index (χ4v) is 1.83. The predicted molar refractivity (Wildman–Crippen MR) is 76.4 cm³/mol. The van der Waals surface area contributed by atoms with Crippen molar-refractivity contribution in [3.8, 4) is 0 Å². The highest BCUT2D eigenvalue weighted by molar-refractivity contribution is 6.06. The van der Waals surface area contributed by atoms with Crippen molar-refractivity contribution in [2.24, 2.45) is 5.41 Å². The van der Waals surface area contributed by atoms with E-state index in [1.165, 1.54) is 6.07 Å². The number of H-pyrrole nitrogens is 1. The number of fused-ring (bicyclic) bond motifs is 1. The summed E-state index contributed by atoms with van der Waals surface area (Å²) in [5, 5.41) is 3.67. The Balaban J connectivity index is 2.35. The maximum absolute atomic E-state index is 12.2. The number of carbonyl (C=O) groups is 1. The maximum atomic E-state index is 12.2. The van der Waals surface area contributed by atoms with Crippen molar-refractivity contribution < 1.29 is 4.79 Å². The molecule has 0 bridgehead atoms. The quantitative estimate of drug-likeness (QED) is 0.868. The summed E-state index contributed by atoms with van der Waals surface area (Å²) in [4.78, 5) is 26.2. The van der Waals surface area contributed by atoms with Crippen LogP contribution in [0.1, 0.15) is 31.1 Å². The highest BCUT2D eigenvalue weighted by Gasteiger charge is 2.14. The van der Waals surface area contributed by atoms with Crippen LogP contribution < -0.4 is 10.9 Å². The van der Waals surface area contributed by atoms with E-state index in [9.17, 15) is 9.59 Å². The average Bonchev–Trinajstić information content (AvgIpc) is 2.34. The van der Waals surface area contributed by atoms with Gasteiger partial charge in [0.05, 0.1) is 0 Å². The summed E-state index contributed by atoms with van der Waals surface area (Å²) < 4.78 is 0. The van der Waals surface area contributed by atoms with Crippen LogP contribution in [-0.2, 0) is 0 Å². The highest BCUT2D eigenvalue weighted by atomic mass is 16.1. The van der Waals surface area contributed by atoms with Gasteiger partial charge in [-0.3, -0.25) is 9.59 Å². The lowest BCUT2D eigenvalue weighted by atomic mass is 9.96. The van der Waals surface area contributed by atoms with Gasteiger partial charge in [-0.1, -0.05) is 26.8 Å². The third-order valence-electron chi connectivity index (χ3n) is 2.79. The van der Waals surface area contributed by atoms with Crippen LogP contribution in [-0.4, -0.2) is 17.4 Å². The standard InChI is InChI=1S/C15H18N2O2/c1-15(2,3)9-16-14(19)11-5-4-6-12-10(11)7-8-13(18)17-12/h4-8H,9H2,1-3H3,(H,16,19)(H,17,18). The van der Waals surface area contributed by atoms with Crippen LogP contribution in [0.2, 0.25) is 0 Å². The van der Waals surface area contributed by atoms with E-state index in [1.54, 1.807) is 24.3 Å². The van der Waals surface area contributed by atoms with Gasteiger partial charge in [0.25, 0.3) is 5.91 Å². The second-order valence-corrected chi connectivity index (χ2v) is 5.83. The van der Waals surface area contributed by atoms with Crippen LogP contribution in [0, 0.1) is 5.41 Å². The smallest absolute Gasteiger partial charge is 0.251 e. The fraction of sp³-hybridized carbons (Fsp3) is 0.333. The molecule has 100 valence electrons. The highest BCUT2D eigenvalue weighted by Crippen LogP contribution is 2.16. The van der Waals surface area contributed by atoms with E-state index < -0.39 is 0 Å². The molecule has 2 N–H and O–H groups in total. The zero-order valence-electron chi connectivity index (χ0n) is 11.4. The molecule has 1 heterocycles. The average molecular weight is 258 g/mol. The zero-order chi connectivity index (χ0) is 14.0. The molecule has 1 aromatic carbocycles. The summed E-state index contributed by atoms with van der Waals surface area (Å²) in [5.41, 5.74) is 1.13. The monoisotopic (exact) mass is 258 g/mol. The zero-order valence-corrected chi connectivity index (χ0v) is 11.4. The summed E-state index contributed by atoms with van der Waals surface area (Å²) in [6.07, 6.45) is 0. The summed E-state index contributed by atoms with van der Waals surface area (Å²) >= 11 is 0. The van der Waals surface area contributed by atoms with Crippen LogP contribution in [0.5, 0.6) is 0 Å². The Labute approximate surface area is 111 Å². The lowest BCUT2D eigenvalue weighted by molar-refractivity contribution is 0.0941. The Bertz CT molecular complexity index is 666. The topological polar surface area (TPSA) is 62.0 Å². The molecule has 1 aromatic heterocycles. The van der Waals surface area contributed by atoms with Gasteiger partial charge in [-0.15, -0.1) is 0 Å². The van der Waals surface area contributed by atoms with Gasteiger partial charge in [-0.2, -0.15) is 0 Å². The lowest BCUT2D eigenvalue weighted by Gasteiger charge is -2.19. The van der Waals surface area contributed by atoms with Crippen molar-refractivity contribution in [1.29, 1.82) is 0 Å². The van der Waals surface area contributed by atoms with E-state index in [0.717, 1.165) is 5.39 Å². The molecule has 0 atom stereocenters. The van der Waals surface area contributed by atoms with Crippen LogP contribution >= 0.6 is 0 Å². The van der Waals surface area contributed by atoms with Crippen molar-refractivity contribution in [3.05, 3.63) is 46.2 Å². The number of carbonyl (C=O) groups excluding carboxylic acids is 1. The van der Waals surface area contributed by atoms with Crippen LogP contribution in [0.4, 0.5) is 0 Å². The van der Waals surface area contributed by atoms with E-state index >= 15 is 0 Å². The van der Waals surface area contributed by atoms with Crippen molar-refractivity contribution in [1.82, 2.24) is 10.3 Å². The number of nitrogens with one attached hydrogen (secondary N) is 2. The number of aromatic amines is 1. The van der Waals surface area contributed by atoms with Crippen LogP contribution in [0.3, 0.4) is 0 Å². The summed E-state index contributed by atoms with van der Waals surface area (Å²) in [6, 6.07) is 8.43. The fourth-order valence-electron chi connectivity index (χ4n) is 1.83. The molecule has 0 saturated heterocycles. The van der Waals surface area contributed by atoms with Crippen molar-refractivity contribution in [2.45, 2.75) is 20.8 Å². The van der Waals surface area contributed by atoms with Crippen molar-refractivity contribution >= 4 is 16.8 Å². The minimum absolute atomic E-state index is 0.0363. The molecular formula is C15H18N2O2. The molecule has 0 spiro atoms. The number of aromatic nitrogens is 1. The molecule has 0 radical (unpaired) electrons. The van der Waals surface area contributed by atoms with E-state index in [4.69, 9.17) is 0 Å². The number of amides is 1. The maximum Gasteiger partial charge on any atom is 0.251 e. The third-order valence-corrected chi connectivity index (χ3v) is 2.79. The number of rotatable bonds is 2. The molecule has 0 fully saturated rings. The molecule has 0 unspecified atom stereocenters. The van der Waals surface area contributed by atoms with Gasteiger partial charge in [0.2, 0.25) is 5.56 Å². The Morgan fingerprint density at radius 1 is 1.21 bits per heavy atom. The van der Waals surface area contributed by atoms with Crippen LogP contribution in [0.15, 0.2) is 35.1 Å². The first-order valence-corrected chi connectivity index (χ1v) is 6.27. The third kappa shape index (κ3) is 3.22. The molecular weight excluding hydrogens is 240 g/mol. The van der Waals surface area contributed by atoms with Gasteiger partial charge in [-0.25, -0.2) is 0 Å². The van der Waals surface area contributed by atoms with Crippen molar-refractivity contribution in [3.63, 3.8) is 0 Å². The van der Waals surface area contributed by atoms with E-state index in [-0.39, 0.29) is 16.9 Å². The van der Waals surface area contributed by atoms with Gasteiger partial charge in [0.1, 0.15) is 0 Å². The Morgan fingerprint density at radius 3 is 2.63 bits per heavy atom. The normalized spacial score (nSPS) is 11.5.